The molecule has 0 unspecified atom stereocenters. The minimum absolute atomic E-state index is 0.00753. The summed E-state index contributed by atoms with van der Waals surface area (Å²) >= 11 is 6.13. The Morgan fingerprint density at radius 1 is 1.19 bits per heavy atom. The van der Waals surface area contributed by atoms with Gasteiger partial charge in [-0.1, -0.05) is 11.6 Å². The van der Waals surface area contributed by atoms with Gasteiger partial charge < -0.3 is 15.0 Å². The summed E-state index contributed by atoms with van der Waals surface area (Å²) in [6, 6.07) is 7.39. The van der Waals surface area contributed by atoms with Crippen molar-refractivity contribution in [1.29, 1.82) is 0 Å². The maximum Gasteiger partial charge on any atom is 0.227 e. The van der Waals surface area contributed by atoms with Crippen LogP contribution >= 0.6 is 11.6 Å². The second-order valence-electron chi connectivity index (χ2n) is 7.18. The van der Waals surface area contributed by atoms with E-state index in [0.717, 1.165) is 37.4 Å². The van der Waals surface area contributed by atoms with Crippen LogP contribution in [0.5, 0.6) is 5.75 Å². The molecular weight excluding hydrogens is 364 g/mol. The van der Waals surface area contributed by atoms with Gasteiger partial charge in [0.15, 0.2) is 0 Å². The number of nitrogens with one attached hydrogen (secondary N) is 1. The first kappa shape index (κ1) is 18.0. The molecule has 2 heterocycles. The first-order chi connectivity index (χ1) is 13.1. The largest absolute Gasteiger partial charge is 0.495 e. The number of anilines is 2. The van der Waals surface area contributed by atoms with Crippen LogP contribution < -0.4 is 15.0 Å². The number of benzene rings is 1. The van der Waals surface area contributed by atoms with E-state index in [1.54, 1.807) is 31.6 Å². The zero-order chi connectivity index (χ0) is 18.8. The minimum Gasteiger partial charge on any atom is -0.495 e. The van der Waals surface area contributed by atoms with E-state index in [2.05, 4.69) is 26.3 Å². The third-order valence-corrected chi connectivity index (χ3v) is 5.57. The third kappa shape index (κ3) is 4.16. The Bertz CT molecular complexity index is 832. The molecular formula is C20H23ClN4O2. The predicted molar refractivity (Wildman–Crippen MR) is 106 cm³/mol. The van der Waals surface area contributed by atoms with Crippen LogP contribution in [0, 0.1) is 5.92 Å². The summed E-state index contributed by atoms with van der Waals surface area (Å²) in [4.78, 5) is 23.7. The number of carbonyl (C=O) groups is 1. The van der Waals surface area contributed by atoms with Gasteiger partial charge in [-0.15, -0.1) is 0 Å². The number of hydrogen-bond donors (Lipinski definition) is 1. The molecule has 0 bridgehead atoms. The number of aromatic nitrogens is 2. The highest BCUT2D eigenvalue weighted by Gasteiger charge is 2.28. The molecule has 0 radical (unpaired) electrons. The van der Waals surface area contributed by atoms with Gasteiger partial charge >= 0.3 is 0 Å². The molecule has 1 aliphatic heterocycles. The average Bonchev–Trinajstić information content (AvgIpc) is 3.54. The summed E-state index contributed by atoms with van der Waals surface area (Å²) < 4.78 is 5.14. The number of carbonyl (C=O) groups excluding carboxylic acids is 1. The van der Waals surface area contributed by atoms with Gasteiger partial charge in [0.1, 0.15) is 17.9 Å². The number of piperidine rings is 1. The fourth-order valence-corrected chi connectivity index (χ4v) is 3.75. The molecule has 1 aliphatic carbocycles. The summed E-state index contributed by atoms with van der Waals surface area (Å²) in [6.45, 7) is 1.64. The van der Waals surface area contributed by atoms with E-state index >= 15 is 0 Å². The molecule has 6 nitrogen and oxygen atoms in total. The Kier molecular flexibility index (Phi) is 5.16. The summed E-state index contributed by atoms with van der Waals surface area (Å²) in [5.74, 6) is 2.22. The number of ether oxygens (including phenoxy) is 1. The Morgan fingerprint density at radius 3 is 2.63 bits per heavy atom. The molecule has 4 rings (SSSR count). The van der Waals surface area contributed by atoms with Crippen LogP contribution in [0.1, 0.15) is 37.3 Å². The molecule has 1 aromatic carbocycles. The van der Waals surface area contributed by atoms with E-state index in [-0.39, 0.29) is 11.8 Å². The zero-order valence-electron chi connectivity index (χ0n) is 15.3. The highest BCUT2D eigenvalue weighted by atomic mass is 35.5. The SMILES string of the molecule is COc1ccc(NC(=O)C2CCN(c3cc(C4CC4)ncn3)CC2)cc1Cl. The summed E-state index contributed by atoms with van der Waals surface area (Å²) in [7, 11) is 1.57. The van der Waals surface area contributed by atoms with Crippen molar-refractivity contribution in [3.63, 3.8) is 0 Å². The van der Waals surface area contributed by atoms with Crippen molar-refractivity contribution < 1.29 is 9.53 Å². The van der Waals surface area contributed by atoms with Crippen LogP contribution in [0.3, 0.4) is 0 Å². The van der Waals surface area contributed by atoms with Crippen LogP contribution in [0.25, 0.3) is 0 Å². The van der Waals surface area contributed by atoms with Crippen LogP contribution in [-0.2, 0) is 4.79 Å². The lowest BCUT2D eigenvalue weighted by molar-refractivity contribution is -0.120. The van der Waals surface area contributed by atoms with Gasteiger partial charge in [0.2, 0.25) is 5.91 Å². The smallest absolute Gasteiger partial charge is 0.227 e. The summed E-state index contributed by atoms with van der Waals surface area (Å²) in [5.41, 5.74) is 1.84. The molecule has 2 fully saturated rings. The molecule has 7 heteroatoms. The van der Waals surface area contributed by atoms with E-state index < -0.39 is 0 Å². The molecule has 1 saturated heterocycles. The topological polar surface area (TPSA) is 67.3 Å². The van der Waals surface area contributed by atoms with Crippen LogP contribution in [0.15, 0.2) is 30.6 Å². The highest BCUT2D eigenvalue weighted by Crippen LogP contribution is 2.39. The van der Waals surface area contributed by atoms with E-state index in [4.69, 9.17) is 16.3 Å². The van der Waals surface area contributed by atoms with E-state index in [0.29, 0.717) is 22.4 Å². The highest BCUT2D eigenvalue weighted by molar-refractivity contribution is 6.32. The van der Waals surface area contributed by atoms with Gasteiger partial charge in [0.05, 0.1) is 12.1 Å². The monoisotopic (exact) mass is 386 g/mol. The lowest BCUT2D eigenvalue weighted by Gasteiger charge is -2.32. The van der Waals surface area contributed by atoms with Crippen LogP contribution in [0.4, 0.5) is 11.5 Å². The van der Waals surface area contributed by atoms with E-state index in [1.165, 1.54) is 12.8 Å². The maximum atomic E-state index is 12.6. The van der Waals surface area contributed by atoms with E-state index in [9.17, 15) is 4.79 Å². The summed E-state index contributed by atoms with van der Waals surface area (Å²) in [6.07, 6.45) is 5.73. The number of hydrogen-bond acceptors (Lipinski definition) is 5. The van der Waals surface area contributed by atoms with Gasteiger partial charge in [-0.3, -0.25) is 4.79 Å². The number of amides is 1. The molecule has 1 aromatic heterocycles. The van der Waals surface area contributed by atoms with Crippen LogP contribution in [-0.4, -0.2) is 36.1 Å². The van der Waals surface area contributed by atoms with Crippen molar-refractivity contribution in [1.82, 2.24) is 9.97 Å². The Morgan fingerprint density at radius 2 is 1.96 bits per heavy atom. The zero-order valence-corrected chi connectivity index (χ0v) is 16.1. The van der Waals surface area contributed by atoms with Gasteiger partial charge in [-0.05, 0) is 43.9 Å². The Balaban J connectivity index is 1.34. The molecule has 2 aromatic rings. The summed E-state index contributed by atoms with van der Waals surface area (Å²) in [5, 5.41) is 3.45. The van der Waals surface area contributed by atoms with Gasteiger partial charge in [0.25, 0.3) is 0 Å². The van der Waals surface area contributed by atoms with Crippen molar-refractivity contribution in [3.8, 4) is 5.75 Å². The van der Waals surface area contributed by atoms with Gasteiger partial charge in [-0.25, -0.2) is 9.97 Å². The van der Waals surface area contributed by atoms with Crippen LogP contribution in [0.2, 0.25) is 5.02 Å². The Hall–Kier alpha value is -2.34. The fraction of sp³-hybridized carbons (Fsp3) is 0.450. The molecule has 1 amide bonds. The quantitative estimate of drug-likeness (QED) is 0.844. The normalized spacial score (nSPS) is 17.6. The minimum atomic E-state index is -0.00753. The standard InChI is InChI=1S/C20H23ClN4O2/c1-27-18-5-4-15(10-16(18)21)24-20(26)14-6-8-25(9-7-14)19-11-17(13-2-3-13)22-12-23-19/h4-5,10-14H,2-3,6-9H2,1H3,(H,24,26). The number of nitrogens with zero attached hydrogens (tertiary/aromatic N) is 3. The third-order valence-electron chi connectivity index (χ3n) is 5.28. The van der Waals surface area contributed by atoms with Gasteiger partial charge in [-0.2, -0.15) is 0 Å². The van der Waals surface area contributed by atoms with Crippen molar-refractivity contribution in [2.75, 3.05) is 30.4 Å². The molecule has 142 valence electrons. The number of rotatable bonds is 5. The fourth-order valence-electron chi connectivity index (χ4n) is 3.50. The predicted octanol–water partition coefficient (Wildman–Crippen LogP) is 3.87. The molecule has 2 aliphatic rings. The Labute approximate surface area is 163 Å². The molecule has 1 saturated carbocycles. The molecule has 0 spiro atoms. The van der Waals surface area contributed by atoms with Crippen molar-refractivity contribution in [2.45, 2.75) is 31.6 Å². The second kappa shape index (κ2) is 7.72. The lowest BCUT2D eigenvalue weighted by Crippen LogP contribution is -2.38. The van der Waals surface area contributed by atoms with Crippen molar-refractivity contribution >= 4 is 29.0 Å². The first-order valence-electron chi connectivity index (χ1n) is 9.35. The number of methoxy groups -OCH3 is 1. The number of halogens is 1. The molecule has 27 heavy (non-hydrogen) atoms. The average molecular weight is 387 g/mol. The van der Waals surface area contributed by atoms with Gasteiger partial charge in [0, 0.05) is 42.4 Å². The van der Waals surface area contributed by atoms with Crippen molar-refractivity contribution in [2.24, 2.45) is 5.92 Å². The molecule has 0 atom stereocenters. The molecule has 1 N–H and O–H groups in total. The van der Waals surface area contributed by atoms with E-state index in [1.807, 2.05) is 0 Å². The second-order valence-corrected chi connectivity index (χ2v) is 7.58. The first-order valence-corrected chi connectivity index (χ1v) is 9.73. The van der Waals surface area contributed by atoms with Crippen molar-refractivity contribution in [3.05, 3.63) is 41.3 Å². The maximum absolute atomic E-state index is 12.6. The lowest BCUT2D eigenvalue weighted by atomic mass is 9.95.